The number of carbonyl (C=O) groups is 1. The van der Waals surface area contributed by atoms with E-state index in [-0.39, 0.29) is 18.4 Å². The van der Waals surface area contributed by atoms with Gasteiger partial charge in [0, 0.05) is 25.7 Å². The monoisotopic (exact) mass is 270 g/mol. The minimum atomic E-state index is 0.155. The van der Waals surface area contributed by atoms with Gasteiger partial charge < -0.3 is 10.4 Å². The van der Waals surface area contributed by atoms with Gasteiger partial charge in [-0.1, -0.05) is 13.3 Å². The van der Waals surface area contributed by atoms with Crippen LogP contribution in [0.5, 0.6) is 0 Å². The molecule has 0 spiro atoms. The minimum absolute atomic E-state index is 0.155. The predicted molar refractivity (Wildman–Crippen MR) is 78.0 cm³/mol. The van der Waals surface area contributed by atoms with Crippen molar-refractivity contribution in [2.45, 2.75) is 58.4 Å². The molecule has 0 saturated carbocycles. The fourth-order valence-corrected chi connectivity index (χ4v) is 2.66. The van der Waals surface area contributed by atoms with Crippen molar-refractivity contribution in [3.63, 3.8) is 0 Å². The molecule has 0 aromatic rings. The zero-order valence-electron chi connectivity index (χ0n) is 12.5. The summed E-state index contributed by atoms with van der Waals surface area (Å²) in [5.74, 6) is 0.384. The third-order valence-electron chi connectivity index (χ3n) is 4.06. The second-order valence-corrected chi connectivity index (χ2v) is 5.69. The molecule has 1 fully saturated rings. The van der Waals surface area contributed by atoms with Crippen molar-refractivity contribution >= 4 is 5.91 Å². The second kappa shape index (κ2) is 9.32. The summed E-state index contributed by atoms with van der Waals surface area (Å²) in [6.45, 7) is 7.33. The van der Waals surface area contributed by atoms with E-state index in [4.69, 9.17) is 5.11 Å². The molecule has 1 aliphatic rings. The number of hydrogen-bond acceptors (Lipinski definition) is 3. The quantitative estimate of drug-likeness (QED) is 0.661. The first-order valence-electron chi connectivity index (χ1n) is 7.81. The van der Waals surface area contributed by atoms with E-state index in [9.17, 15) is 4.79 Å². The van der Waals surface area contributed by atoms with Gasteiger partial charge in [-0.05, 0) is 45.6 Å². The summed E-state index contributed by atoms with van der Waals surface area (Å²) < 4.78 is 0. The summed E-state index contributed by atoms with van der Waals surface area (Å²) in [6.07, 6.45) is 6.17. The summed E-state index contributed by atoms with van der Waals surface area (Å²) in [6, 6.07) is 0.568. The lowest BCUT2D eigenvalue weighted by atomic mass is 9.92. The van der Waals surface area contributed by atoms with Crippen molar-refractivity contribution in [3.8, 4) is 0 Å². The molecule has 0 aromatic heterocycles. The molecule has 112 valence electrons. The molecule has 1 rings (SSSR count). The highest BCUT2D eigenvalue weighted by molar-refractivity contribution is 5.78. The highest BCUT2D eigenvalue weighted by Crippen LogP contribution is 2.22. The Morgan fingerprint density at radius 2 is 2.11 bits per heavy atom. The van der Waals surface area contributed by atoms with E-state index in [0.717, 1.165) is 58.2 Å². The van der Waals surface area contributed by atoms with Gasteiger partial charge in [0.15, 0.2) is 0 Å². The minimum Gasteiger partial charge on any atom is -0.396 e. The summed E-state index contributed by atoms with van der Waals surface area (Å²) in [5, 5.41) is 11.9. The first kappa shape index (κ1) is 16.4. The lowest BCUT2D eigenvalue weighted by molar-refractivity contribution is -0.127. The smallest absolute Gasteiger partial charge is 0.224 e. The molecule has 0 radical (unpaired) electrons. The van der Waals surface area contributed by atoms with Crippen LogP contribution in [-0.2, 0) is 4.79 Å². The fraction of sp³-hybridized carbons (Fsp3) is 0.933. The molecular formula is C15H30N2O2. The number of nitrogens with zero attached hydrogens (tertiary/aromatic N) is 1. The first-order chi connectivity index (χ1) is 9.19. The molecule has 2 unspecified atom stereocenters. The number of rotatable bonds is 8. The van der Waals surface area contributed by atoms with E-state index < -0.39 is 0 Å². The van der Waals surface area contributed by atoms with Crippen LogP contribution in [0.2, 0.25) is 0 Å². The molecule has 1 heterocycles. The van der Waals surface area contributed by atoms with Crippen molar-refractivity contribution in [1.82, 2.24) is 10.2 Å². The van der Waals surface area contributed by atoms with Crippen LogP contribution < -0.4 is 5.32 Å². The Bertz CT molecular complexity index is 259. The Hall–Kier alpha value is -0.610. The average molecular weight is 270 g/mol. The maximum atomic E-state index is 12.1. The van der Waals surface area contributed by atoms with Gasteiger partial charge in [0.25, 0.3) is 0 Å². The van der Waals surface area contributed by atoms with Gasteiger partial charge in [-0.2, -0.15) is 0 Å². The molecule has 0 bridgehead atoms. The van der Waals surface area contributed by atoms with Crippen LogP contribution in [0.15, 0.2) is 0 Å². The zero-order chi connectivity index (χ0) is 14.1. The summed E-state index contributed by atoms with van der Waals surface area (Å²) in [7, 11) is 0. The zero-order valence-corrected chi connectivity index (χ0v) is 12.5. The van der Waals surface area contributed by atoms with E-state index in [1.54, 1.807) is 0 Å². The van der Waals surface area contributed by atoms with Crippen LogP contribution in [0.3, 0.4) is 0 Å². The maximum absolute atomic E-state index is 12.1. The molecule has 4 nitrogen and oxygen atoms in total. The third kappa shape index (κ3) is 5.91. The largest absolute Gasteiger partial charge is 0.396 e. The van der Waals surface area contributed by atoms with Crippen molar-refractivity contribution in [2.24, 2.45) is 5.92 Å². The SMILES string of the molecule is CCCCNC(=O)C1CCC(C)N(CCCCO)C1. The number of carbonyl (C=O) groups excluding carboxylic acids is 1. The Kier molecular flexibility index (Phi) is 8.07. The molecule has 1 aliphatic heterocycles. The van der Waals surface area contributed by atoms with Crippen molar-refractivity contribution < 1.29 is 9.90 Å². The Balaban J connectivity index is 2.33. The molecule has 4 heteroatoms. The van der Waals surface area contributed by atoms with E-state index in [1.807, 2.05) is 0 Å². The van der Waals surface area contributed by atoms with Crippen LogP contribution in [0.1, 0.15) is 52.4 Å². The van der Waals surface area contributed by atoms with Gasteiger partial charge in [0.1, 0.15) is 0 Å². The van der Waals surface area contributed by atoms with Crippen molar-refractivity contribution in [3.05, 3.63) is 0 Å². The van der Waals surface area contributed by atoms with Gasteiger partial charge in [0.05, 0.1) is 5.92 Å². The lowest BCUT2D eigenvalue weighted by Crippen LogP contribution is -2.47. The number of amides is 1. The van der Waals surface area contributed by atoms with Crippen LogP contribution in [0.25, 0.3) is 0 Å². The first-order valence-corrected chi connectivity index (χ1v) is 7.81. The van der Waals surface area contributed by atoms with Crippen molar-refractivity contribution in [2.75, 3.05) is 26.2 Å². The van der Waals surface area contributed by atoms with E-state index in [1.165, 1.54) is 0 Å². The van der Waals surface area contributed by atoms with Crippen LogP contribution >= 0.6 is 0 Å². The summed E-state index contributed by atoms with van der Waals surface area (Å²) in [5.41, 5.74) is 0. The molecule has 2 N–H and O–H groups in total. The number of likely N-dealkylation sites (tertiary alicyclic amines) is 1. The Morgan fingerprint density at radius 1 is 1.32 bits per heavy atom. The highest BCUT2D eigenvalue weighted by Gasteiger charge is 2.29. The maximum Gasteiger partial charge on any atom is 0.224 e. The third-order valence-corrected chi connectivity index (χ3v) is 4.06. The van der Waals surface area contributed by atoms with Gasteiger partial charge in [0.2, 0.25) is 5.91 Å². The summed E-state index contributed by atoms with van der Waals surface area (Å²) >= 11 is 0. The number of unbranched alkanes of at least 4 members (excludes halogenated alkanes) is 2. The predicted octanol–water partition coefficient (Wildman–Crippen LogP) is 1.78. The second-order valence-electron chi connectivity index (χ2n) is 5.69. The molecule has 0 aromatic carbocycles. The number of aliphatic hydroxyl groups is 1. The van der Waals surface area contributed by atoms with Gasteiger partial charge in [-0.3, -0.25) is 9.69 Å². The van der Waals surface area contributed by atoms with Gasteiger partial charge >= 0.3 is 0 Å². The van der Waals surface area contributed by atoms with E-state index in [0.29, 0.717) is 6.04 Å². The van der Waals surface area contributed by atoms with Gasteiger partial charge in [-0.25, -0.2) is 0 Å². The van der Waals surface area contributed by atoms with Crippen LogP contribution in [0.4, 0.5) is 0 Å². The van der Waals surface area contributed by atoms with Crippen LogP contribution in [0, 0.1) is 5.92 Å². The van der Waals surface area contributed by atoms with Crippen molar-refractivity contribution in [1.29, 1.82) is 0 Å². The molecular weight excluding hydrogens is 240 g/mol. The number of hydrogen-bond donors (Lipinski definition) is 2. The number of nitrogens with one attached hydrogen (secondary N) is 1. The Morgan fingerprint density at radius 3 is 2.79 bits per heavy atom. The Labute approximate surface area is 117 Å². The van der Waals surface area contributed by atoms with E-state index in [2.05, 4.69) is 24.1 Å². The van der Waals surface area contributed by atoms with Gasteiger partial charge in [-0.15, -0.1) is 0 Å². The molecule has 0 aliphatic carbocycles. The summed E-state index contributed by atoms with van der Waals surface area (Å²) in [4.78, 5) is 14.5. The standard InChI is InChI=1S/C15H30N2O2/c1-3-4-9-16-15(19)14-8-7-13(2)17(12-14)10-5-6-11-18/h13-14,18H,3-12H2,1-2H3,(H,16,19). The molecule has 1 saturated heterocycles. The average Bonchev–Trinajstić information content (AvgIpc) is 2.41. The van der Waals surface area contributed by atoms with Crippen LogP contribution in [-0.4, -0.2) is 48.2 Å². The topological polar surface area (TPSA) is 52.6 Å². The lowest BCUT2D eigenvalue weighted by Gasteiger charge is -2.37. The fourth-order valence-electron chi connectivity index (χ4n) is 2.66. The number of aliphatic hydroxyl groups excluding tert-OH is 1. The molecule has 2 atom stereocenters. The molecule has 1 amide bonds. The van der Waals surface area contributed by atoms with E-state index >= 15 is 0 Å². The highest BCUT2D eigenvalue weighted by atomic mass is 16.2. The molecule has 19 heavy (non-hydrogen) atoms. The normalized spacial score (nSPS) is 24.4. The number of piperidine rings is 1.